The predicted octanol–water partition coefficient (Wildman–Crippen LogP) is 2.54. The minimum Gasteiger partial charge on any atom is -0.497 e. The smallest absolute Gasteiger partial charge is 0.290 e. The van der Waals surface area contributed by atoms with Crippen LogP contribution in [0.5, 0.6) is 5.75 Å². The molecule has 5 heteroatoms. The van der Waals surface area contributed by atoms with Crippen LogP contribution < -0.4 is 4.74 Å². The van der Waals surface area contributed by atoms with E-state index < -0.39 is 6.10 Å². The van der Waals surface area contributed by atoms with E-state index in [4.69, 9.17) is 9.15 Å². The zero-order valence-corrected chi connectivity index (χ0v) is 12.7. The van der Waals surface area contributed by atoms with E-state index in [1.807, 2.05) is 24.3 Å². The summed E-state index contributed by atoms with van der Waals surface area (Å²) in [5, 5.41) is 10.0. The Bertz CT molecular complexity index is 679. The van der Waals surface area contributed by atoms with Gasteiger partial charge in [0.25, 0.3) is 5.91 Å². The lowest BCUT2D eigenvalue weighted by Gasteiger charge is -2.24. The van der Waals surface area contributed by atoms with Crippen LogP contribution in [0.2, 0.25) is 0 Å². The fraction of sp³-hybridized carbons (Fsp3) is 0.353. The first kappa shape index (κ1) is 14.7. The summed E-state index contributed by atoms with van der Waals surface area (Å²) in [6.07, 6.45) is -0.0188. The van der Waals surface area contributed by atoms with Gasteiger partial charge in [-0.15, -0.1) is 0 Å². The maximum atomic E-state index is 12.6. The molecule has 2 atom stereocenters. The molecular weight excluding hydrogens is 282 g/mol. The van der Waals surface area contributed by atoms with Crippen molar-refractivity contribution in [1.29, 1.82) is 0 Å². The van der Waals surface area contributed by atoms with E-state index >= 15 is 0 Å². The summed E-state index contributed by atoms with van der Waals surface area (Å²) in [5.41, 5.74) is 0.951. The van der Waals surface area contributed by atoms with Crippen LogP contribution in [0.3, 0.4) is 0 Å². The monoisotopic (exact) mass is 301 g/mol. The van der Waals surface area contributed by atoms with Crippen molar-refractivity contribution in [3.05, 3.63) is 53.5 Å². The van der Waals surface area contributed by atoms with Gasteiger partial charge < -0.3 is 19.2 Å². The molecule has 5 nitrogen and oxygen atoms in total. The lowest BCUT2D eigenvalue weighted by atomic mass is 10.0. The number of hydrogen-bond donors (Lipinski definition) is 1. The number of hydrogen-bond acceptors (Lipinski definition) is 4. The number of nitrogens with zero attached hydrogens (tertiary/aromatic N) is 1. The van der Waals surface area contributed by atoms with Crippen molar-refractivity contribution in [1.82, 2.24) is 4.90 Å². The molecule has 0 aliphatic carbocycles. The van der Waals surface area contributed by atoms with Crippen LogP contribution in [0.25, 0.3) is 0 Å². The molecule has 116 valence electrons. The number of aryl methyl sites for hydroxylation is 1. The maximum Gasteiger partial charge on any atom is 0.290 e. The third-order valence-corrected chi connectivity index (χ3v) is 3.97. The highest BCUT2D eigenvalue weighted by molar-refractivity contribution is 5.92. The summed E-state index contributed by atoms with van der Waals surface area (Å²) in [7, 11) is 1.61. The van der Waals surface area contributed by atoms with Gasteiger partial charge in [-0.1, -0.05) is 12.1 Å². The zero-order valence-electron chi connectivity index (χ0n) is 12.7. The largest absolute Gasteiger partial charge is 0.497 e. The van der Waals surface area contributed by atoms with Crippen LogP contribution in [0, 0.1) is 6.92 Å². The van der Waals surface area contributed by atoms with Gasteiger partial charge >= 0.3 is 0 Å². The molecule has 1 aliphatic heterocycles. The van der Waals surface area contributed by atoms with Crippen LogP contribution >= 0.6 is 0 Å². The third kappa shape index (κ3) is 2.72. The van der Waals surface area contributed by atoms with E-state index in [0.29, 0.717) is 24.5 Å². The molecule has 0 saturated carbocycles. The molecule has 0 bridgehead atoms. The average Bonchev–Trinajstić information content (AvgIpc) is 3.12. The van der Waals surface area contributed by atoms with E-state index in [0.717, 1.165) is 11.3 Å². The van der Waals surface area contributed by atoms with Gasteiger partial charge in [-0.25, -0.2) is 0 Å². The molecular formula is C17H19NO4. The number of rotatable bonds is 3. The minimum atomic E-state index is -0.531. The molecule has 1 amide bonds. The number of likely N-dealkylation sites (tertiary alicyclic amines) is 1. The van der Waals surface area contributed by atoms with Crippen LogP contribution in [0.4, 0.5) is 0 Å². The van der Waals surface area contributed by atoms with Gasteiger partial charge in [0.1, 0.15) is 11.5 Å². The summed E-state index contributed by atoms with van der Waals surface area (Å²) in [5.74, 6) is 1.54. The zero-order chi connectivity index (χ0) is 15.7. The Morgan fingerprint density at radius 3 is 2.86 bits per heavy atom. The van der Waals surface area contributed by atoms with Gasteiger partial charge in [0.05, 0.1) is 19.3 Å². The Labute approximate surface area is 129 Å². The number of carbonyl (C=O) groups excluding carboxylic acids is 1. The lowest BCUT2D eigenvalue weighted by molar-refractivity contribution is 0.0682. The molecule has 1 aliphatic rings. The number of aliphatic hydroxyl groups is 1. The highest BCUT2D eigenvalue weighted by Gasteiger charge is 2.36. The van der Waals surface area contributed by atoms with Crippen LogP contribution in [0.15, 0.2) is 40.8 Å². The normalized spacial score (nSPS) is 21.1. The summed E-state index contributed by atoms with van der Waals surface area (Å²) in [6.45, 7) is 2.11. The molecule has 1 fully saturated rings. The van der Waals surface area contributed by atoms with E-state index in [9.17, 15) is 9.90 Å². The van der Waals surface area contributed by atoms with Gasteiger partial charge in [0.15, 0.2) is 5.76 Å². The minimum absolute atomic E-state index is 0.178. The molecule has 3 rings (SSSR count). The number of β-amino-alcohol motifs (C(OH)–C–C–N with tert-alkyl or cyclic N) is 1. The molecule has 0 unspecified atom stereocenters. The molecule has 1 N–H and O–H groups in total. The van der Waals surface area contributed by atoms with Crippen LogP contribution in [-0.4, -0.2) is 35.7 Å². The predicted molar refractivity (Wildman–Crippen MR) is 80.8 cm³/mol. The van der Waals surface area contributed by atoms with Crippen LogP contribution in [0.1, 0.15) is 34.3 Å². The lowest BCUT2D eigenvalue weighted by Crippen LogP contribution is -2.31. The Kier molecular flexibility index (Phi) is 3.90. The standard InChI is InChI=1S/C17H19NO4/c1-11-6-7-16(22-11)17(20)18-10-13(19)9-15(18)12-4-3-5-14(8-12)21-2/h3-8,13,15,19H,9-10H2,1-2H3/t13-,15-/m1/s1. The number of aliphatic hydroxyl groups excluding tert-OH is 1. The molecule has 1 aromatic heterocycles. The van der Waals surface area contributed by atoms with Crippen molar-refractivity contribution >= 4 is 5.91 Å². The van der Waals surface area contributed by atoms with Crippen molar-refractivity contribution in [2.75, 3.05) is 13.7 Å². The average molecular weight is 301 g/mol. The first-order chi connectivity index (χ1) is 10.6. The topological polar surface area (TPSA) is 62.9 Å². The van der Waals surface area contributed by atoms with Crippen molar-refractivity contribution in [3.63, 3.8) is 0 Å². The van der Waals surface area contributed by atoms with Crippen molar-refractivity contribution < 1.29 is 19.1 Å². The number of amides is 1. The van der Waals surface area contributed by atoms with Crippen molar-refractivity contribution in [2.24, 2.45) is 0 Å². The molecule has 2 aromatic rings. The summed E-state index contributed by atoms with van der Waals surface area (Å²) < 4.78 is 10.7. The van der Waals surface area contributed by atoms with Gasteiger partial charge in [-0.2, -0.15) is 0 Å². The Morgan fingerprint density at radius 1 is 1.36 bits per heavy atom. The second kappa shape index (κ2) is 5.85. The summed E-state index contributed by atoms with van der Waals surface area (Å²) in [4.78, 5) is 14.3. The number of furan rings is 1. The fourth-order valence-electron chi connectivity index (χ4n) is 2.89. The summed E-state index contributed by atoms with van der Waals surface area (Å²) >= 11 is 0. The molecule has 1 aromatic carbocycles. The highest BCUT2D eigenvalue weighted by atomic mass is 16.5. The Hall–Kier alpha value is -2.27. The quantitative estimate of drug-likeness (QED) is 0.946. The third-order valence-electron chi connectivity index (χ3n) is 3.97. The highest BCUT2D eigenvalue weighted by Crippen LogP contribution is 2.34. The number of ether oxygens (including phenoxy) is 1. The van der Waals surface area contributed by atoms with Gasteiger partial charge in [-0.05, 0) is 43.2 Å². The molecule has 1 saturated heterocycles. The second-order valence-corrected chi connectivity index (χ2v) is 5.55. The number of carbonyl (C=O) groups is 1. The Morgan fingerprint density at radius 2 is 2.18 bits per heavy atom. The first-order valence-electron chi connectivity index (χ1n) is 7.28. The fourth-order valence-corrected chi connectivity index (χ4v) is 2.89. The maximum absolute atomic E-state index is 12.6. The van der Waals surface area contributed by atoms with Crippen LogP contribution in [-0.2, 0) is 0 Å². The van der Waals surface area contributed by atoms with E-state index in [1.165, 1.54) is 0 Å². The van der Waals surface area contributed by atoms with E-state index in [-0.39, 0.29) is 11.9 Å². The van der Waals surface area contributed by atoms with Gasteiger partial charge in [0.2, 0.25) is 0 Å². The second-order valence-electron chi connectivity index (χ2n) is 5.55. The van der Waals surface area contributed by atoms with Crippen molar-refractivity contribution in [2.45, 2.75) is 25.5 Å². The van der Waals surface area contributed by atoms with Gasteiger partial charge in [-0.3, -0.25) is 4.79 Å². The Balaban J connectivity index is 1.90. The van der Waals surface area contributed by atoms with Gasteiger partial charge in [0, 0.05) is 6.54 Å². The van der Waals surface area contributed by atoms with E-state index in [2.05, 4.69) is 0 Å². The number of methoxy groups -OCH3 is 1. The SMILES string of the molecule is COc1cccc([C@H]2C[C@@H](O)CN2C(=O)c2ccc(C)o2)c1. The first-order valence-corrected chi connectivity index (χ1v) is 7.28. The molecule has 0 spiro atoms. The molecule has 2 heterocycles. The summed E-state index contributed by atoms with van der Waals surface area (Å²) in [6, 6.07) is 10.8. The number of benzene rings is 1. The molecule has 0 radical (unpaired) electrons. The van der Waals surface area contributed by atoms with Crippen molar-refractivity contribution in [3.8, 4) is 5.75 Å². The van der Waals surface area contributed by atoms with E-state index in [1.54, 1.807) is 31.1 Å². The molecule has 22 heavy (non-hydrogen) atoms.